The average Bonchev–Trinajstić information content (AvgIpc) is 3.79. The van der Waals surface area contributed by atoms with E-state index in [2.05, 4.69) is 179 Å². The molecule has 11 aromatic rings. The number of nitrogens with zero attached hydrogens (tertiary/aromatic N) is 5. The van der Waals surface area contributed by atoms with Gasteiger partial charge in [-0.1, -0.05) is 146 Å². The van der Waals surface area contributed by atoms with Gasteiger partial charge in [0.2, 0.25) is 0 Å². The van der Waals surface area contributed by atoms with Crippen molar-refractivity contribution in [2.45, 2.75) is 0 Å². The van der Waals surface area contributed by atoms with Gasteiger partial charge >= 0.3 is 0 Å². The first-order valence-corrected chi connectivity index (χ1v) is 18.9. The molecule has 8 aromatic carbocycles. The average molecular weight is 716 g/mol. The molecular formula is C51H33N5. The van der Waals surface area contributed by atoms with Gasteiger partial charge in [-0.2, -0.15) is 0 Å². The number of hydrogen-bond donors (Lipinski definition) is 0. The van der Waals surface area contributed by atoms with Gasteiger partial charge in [0.1, 0.15) is 0 Å². The molecule has 0 atom stereocenters. The Kier molecular flexibility index (Phi) is 7.42. The first-order chi connectivity index (χ1) is 27.8. The number of rotatable bonds is 6. The Bertz CT molecular complexity index is 3220. The van der Waals surface area contributed by atoms with Crippen LogP contribution in [-0.4, -0.2) is 24.1 Å². The first kappa shape index (κ1) is 31.9. The smallest absolute Gasteiger partial charge is 0.164 e. The van der Waals surface area contributed by atoms with E-state index in [4.69, 9.17) is 15.0 Å². The molecule has 0 aliphatic rings. The molecule has 0 aliphatic carbocycles. The van der Waals surface area contributed by atoms with E-state index in [0.29, 0.717) is 17.5 Å². The summed E-state index contributed by atoms with van der Waals surface area (Å²) in [5.41, 5.74) is 12.0. The van der Waals surface area contributed by atoms with Gasteiger partial charge in [0.05, 0.1) is 22.1 Å². The number of aromatic nitrogens is 5. The molecule has 3 heterocycles. The minimum absolute atomic E-state index is 0.630. The zero-order chi connectivity index (χ0) is 37.0. The van der Waals surface area contributed by atoms with Crippen molar-refractivity contribution >= 4 is 43.6 Å². The van der Waals surface area contributed by atoms with Crippen molar-refractivity contribution in [3.05, 3.63) is 200 Å². The maximum atomic E-state index is 5.14. The SMILES string of the molecule is c1ccc(-c2nc(-c3ccc(-c4ccc5c(c4)c4ccccc4n5-c4ccccc4)cc3)nc(-c3ccc4c5ccccc5n(-c5ccccc5)c4c3)n2)cc1. The maximum Gasteiger partial charge on any atom is 0.164 e. The Morgan fingerprint density at radius 1 is 0.250 bits per heavy atom. The Labute approximate surface area is 323 Å². The molecule has 0 aliphatic heterocycles. The second kappa shape index (κ2) is 13.0. The highest BCUT2D eigenvalue weighted by molar-refractivity contribution is 6.11. The van der Waals surface area contributed by atoms with Gasteiger partial charge in [0, 0.05) is 49.6 Å². The first-order valence-electron chi connectivity index (χ1n) is 18.9. The second-order valence-electron chi connectivity index (χ2n) is 14.1. The van der Waals surface area contributed by atoms with E-state index in [-0.39, 0.29) is 0 Å². The van der Waals surface area contributed by atoms with Crippen LogP contribution in [0.1, 0.15) is 0 Å². The number of fused-ring (bicyclic) bond motifs is 6. The van der Waals surface area contributed by atoms with Crippen molar-refractivity contribution in [3.8, 4) is 56.7 Å². The van der Waals surface area contributed by atoms with E-state index < -0.39 is 0 Å². The van der Waals surface area contributed by atoms with Crippen molar-refractivity contribution in [2.75, 3.05) is 0 Å². The van der Waals surface area contributed by atoms with Gasteiger partial charge in [-0.05, 0) is 65.7 Å². The monoisotopic (exact) mass is 715 g/mol. The lowest BCUT2D eigenvalue weighted by Crippen LogP contribution is -2.00. The van der Waals surface area contributed by atoms with Crippen LogP contribution in [0.4, 0.5) is 0 Å². The Balaban J connectivity index is 1.02. The van der Waals surface area contributed by atoms with Gasteiger partial charge < -0.3 is 9.13 Å². The van der Waals surface area contributed by atoms with E-state index in [1.54, 1.807) is 0 Å². The summed E-state index contributed by atoms with van der Waals surface area (Å²) < 4.78 is 4.67. The zero-order valence-electron chi connectivity index (χ0n) is 30.3. The van der Waals surface area contributed by atoms with Crippen LogP contribution in [0.3, 0.4) is 0 Å². The number of benzene rings is 8. The summed E-state index contributed by atoms with van der Waals surface area (Å²) in [5.74, 6) is 1.90. The van der Waals surface area contributed by atoms with Crippen LogP contribution in [0, 0.1) is 0 Å². The van der Waals surface area contributed by atoms with Crippen molar-refractivity contribution in [2.24, 2.45) is 0 Å². The molecule has 0 amide bonds. The van der Waals surface area contributed by atoms with Crippen LogP contribution in [0.2, 0.25) is 0 Å². The molecule has 3 aromatic heterocycles. The summed E-state index contributed by atoms with van der Waals surface area (Å²) in [7, 11) is 0. The Hall–Kier alpha value is -7.63. The summed E-state index contributed by atoms with van der Waals surface area (Å²) in [6.45, 7) is 0. The molecule has 5 nitrogen and oxygen atoms in total. The van der Waals surface area contributed by atoms with E-state index >= 15 is 0 Å². The fourth-order valence-corrected chi connectivity index (χ4v) is 8.13. The summed E-state index contributed by atoms with van der Waals surface area (Å²) in [5, 5.41) is 4.85. The number of para-hydroxylation sites is 4. The second-order valence-corrected chi connectivity index (χ2v) is 14.1. The molecule has 56 heavy (non-hydrogen) atoms. The maximum absolute atomic E-state index is 5.14. The highest BCUT2D eigenvalue weighted by Gasteiger charge is 2.17. The van der Waals surface area contributed by atoms with Gasteiger partial charge in [-0.15, -0.1) is 0 Å². The minimum atomic E-state index is 0.630. The van der Waals surface area contributed by atoms with Crippen molar-refractivity contribution in [1.82, 2.24) is 24.1 Å². The van der Waals surface area contributed by atoms with Crippen LogP contribution in [0.25, 0.3) is 100 Å². The number of hydrogen-bond acceptors (Lipinski definition) is 3. The van der Waals surface area contributed by atoms with Crippen molar-refractivity contribution in [1.29, 1.82) is 0 Å². The molecule has 0 fully saturated rings. The fraction of sp³-hybridized carbons (Fsp3) is 0. The molecular weight excluding hydrogens is 683 g/mol. The van der Waals surface area contributed by atoms with Crippen LogP contribution in [0.15, 0.2) is 200 Å². The van der Waals surface area contributed by atoms with Gasteiger partial charge in [0.15, 0.2) is 17.5 Å². The molecule has 0 spiro atoms. The van der Waals surface area contributed by atoms with Crippen LogP contribution >= 0.6 is 0 Å². The third-order valence-electron chi connectivity index (χ3n) is 10.8. The quantitative estimate of drug-likeness (QED) is 0.172. The topological polar surface area (TPSA) is 48.5 Å². The van der Waals surface area contributed by atoms with Gasteiger partial charge in [0.25, 0.3) is 0 Å². The molecule has 0 saturated heterocycles. The lowest BCUT2D eigenvalue weighted by atomic mass is 10.0. The highest BCUT2D eigenvalue weighted by atomic mass is 15.0. The summed E-state index contributed by atoms with van der Waals surface area (Å²) in [4.78, 5) is 15.2. The summed E-state index contributed by atoms with van der Waals surface area (Å²) in [6.07, 6.45) is 0. The normalized spacial score (nSPS) is 11.6. The Morgan fingerprint density at radius 3 is 1.29 bits per heavy atom. The van der Waals surface area contributed by atoms with E-state index in [1.807, 2.05) is 30.3 Å². The summed E-state index contributed by atoms with van der Waals surface area (Å²) in [6, 6.07) is 70.3. The van der Waals surface area contributed by atoms with Crippen LogP contribution in [-0.2, 0) is 0 Å². The third kappa shape index (κ3) is 5.29. The van der Waals surface area contributed by atoms with Crippen molar-refractivity contribution in [3.63, 3.8) is 0 Å². The zero-order valence-corrected chi connectivity index (χ0v) is 30.3. The molecule has 0 saturated carbocycles. The molecule has 262 valence electrons. The molecule has 11 rings (SSSR count). The Morgan fingerprint density at radius 2 is 0.661 bits per heavy atom. The third-order valence-corrected chi connectivity index (χ3v) is 10.8. The van der Waals surface area contributed by atoms with Crippen LogP contribution in [0.5, 0.6) is 0 Å². The van der Waals surface area contributed by atoms with Gasteiger partial charge in [-0.25, -0.2) is 15.0 Å². The molecule has 0 bridgehead atoms. The van der Waals surface area contributed by atoms with E-state index in [9.17, 15) is 0 Å². The largest absolute Gasteiger partial charge is 0.309 e. The summed E-state index contributed by atoms with van der Waals surface area (Å²) >= 11 is 0. The predicted molar refractivity (Wildman–Crippen MR) is 230 cm³/mol. The molecule has 0 N–H and O–H groups in total. The van der Waals surface area contributed by atoms with E-state index in [1.165, 1.54) is 32.6 Å². The van der Waals surface area contributed by atoms with Crippen LogP contribution < -0.4 is 0 Å². The van der Waals surface area contributed by atoms with Gasteiger partial charge in [-0.3, -0.25) is 0 Å². The predicted octanol–water partition coefficient (Wildman–Crippen LogP) is 12.7. The van der Waals surface area contributed by atoms with E-state index in [0.717, 1.165) is 50.2 Å². The van der Waals surface area contributed by atoms with Crippen molar-refractivity contribution < 1.29 is 0 Å². The molecule has 0 unspecified atom stereocenters. The molecule has 5 heteroatoms. The minimum Gasteiger partial charge on any atom is -0.309 e. The lowest BCUT2D eigenvalue weighted by Gasteiger charge is -2.11. The molecule has 0 radical (unpaired) electrons. The fourth-order valence-electron chi connectivity index (χ4n) is 8.13. The highest BCUT2D eigenvalue weighted by Crippen LogP contribution is 2.37. The lowest BCUT2D eigenvalue weighted by molar-refractivity contribution is 1.07. The standard InChI is InChI=1S/C51H33N5/c1-4-14-35(15-5-1)49-52-50(54-51(53-49)38-28-30-43-41-20-10-12-22-45(41)56(48(43)33-38)40-18-8-3-9-19-40)36-26-24-34(25-27-36)37-29-31-47-44(32-37)42-21-11-13-23-46(42)55(47)39-16-6-2-7-17-39/h1-33H.